The zero-order chi connectivity index (χ0) is 21.5. The van der Waals surface area contributed by atoms with E-state index in [4.69, 9.17) is 16.3 Å². The van der Waals surface area contributed by atoms with Gasteiger partial charge in [-0.05, 0) is 41.1 Å². The van der Waals surface area contributed by atoms with Gasteiger partial charge in [0.25, 0.3) is 11.8 Å². The second-order valence-electron chi connectivity index (χ2n) is 6.17. The minimum atomic E-state index is -0.365. The molecular weight excluding hydrogens is 412 g/mol. The van der Waals surface area contributed by atoms with Crippen molar-refractivity contribution in [1.82, 2.24) is 30.8 Å². The molecule has 3 rings (SSSR count). The van der Waals surface area contributed by atoms with Crippen LogP contribution in [0.5, 0.6) is 11.5 Å². The van der Waals surface area contributed by atoms with Crippen LogP contribution in [-0.2, 0) is 0 Å². The largest absolute Gasteiger partial charge is 0.508 e. The SMILES string of the molecule is COc1cc(-n2cnnn2)c(Cl)cc1C(=O)NCCCNC(=O)c1cccc(O)c1. The Balaban J connectivity index is 1.53. The van der Waals surface area contributed by atoms with Gasteiger partial charge in [-0.15, -0.1) is 5.10 Å². The van der Waals surface area contributed by atoms with Gasteiger partial charge in [-0.25, -0.2) is 0 Å². The van der Waals surface area contributed by atoms with Gasteiger partial charge in [0.2, 0.25) is 0 Å². The van der Waals surface area contributed by atoms with E-state index in [1.807, 2.05) is 0 Å². The number of phenolic OH excluding ortho intramolecular Hbond substituents is 1. The molecule has 1 aromatic heterocycles. The van der Waals surface area contributed by atoms with Gasteiger partial charge in [0, 0.05) is 24.7 Å². The summed E-state index contributed by atoms with van der Waals surface area (Å²) in [5, 5.41) is 26.1. The zero-order valence-electron chi connectivity index (χ0n) is 16.0. The Kier molecular flexibility index (Phi) is 6.81. The molecule has 0 atom stereocenters. The second kappa shape index (κ2) is 9.70. The first-order chi connectivity index (χ1) is 14.5. The fourth-order valence-electron chi connectivity index (χ4n) is 2.67. The van der Waals surface area contributed by atoms with Crippen molar-refractivity contribution < 1.29 is 19.4 Å². The molecule has 2 aromatic carbocycles. The number of tetrazole rings is 1. The van der Waals surface area contributed by atoms with Crippen LogP contribution in [0.25, 0.3) is 5.69 Å². The fourth-order valence-corrected chi connectivity index (χ4v) is 2.92. The number of halogens is 1. The van der Waals surface area contributed by atoms with Crippen molar-refractivity contribution >= 4 is 23.4 Å². The Bertz CT molecular complexity index is 1040. The van der Waals surface area contributed by atoms with E-state index in [-0.39, 0.29) is 28.1 Å². The maximum atomic E-state index is 12.5. The lowest BCUT2D eigenvalue weighted by atomic mass is 10.1. The smallest absolute Gasteiger partial charge is 0.255 e. The number of aromatic hydroxyl groups is 1. The van der Waals surface area contributed by atoms with Gasteiger partial charge in [0.05, 0.1) is 23.4 Å². The van der Waals surface area contributed by atoms with Crippen molar-refractivity contribution in [1.29, 1.82) is 0 Å². The van der Waals surface area contributed by atoms with Crippen molar-refractivity contribution in [3.63, 3.8) is 0 Å². The van der Waals surface area contributed by atoms with Gasteiger partial charge in [-0.1, -0.05) is 17.7 Å². The molecule has 0 radical (unpaired) electrons. The van der Waals surface area contributed by atoms with Gasteiger partial charge >= 0.3 is 0 Å². The number of nitrogens with zero attached hydrogens (tertiary/aromatic N) is 4. The summed E-state index contributed by atoms with van der Waals surface area (Å²) in [4.78, 5) is 24.5. The third-order valence-corrected chi connectivity index (χ3v) is 4.45. The van der Waals surface area contributed by atoms with Crippen LogP contribution < -0.4 is 15.4 Å². The van der Waals surface area contributed by atoms with Crippen molar-refractivity contribution in [3.05, 3.63) is 58.9 Å². The number of phenols is 1. The highest BCUT2D eigenvalue weighted by Crippen LogP contribution is 2.29. The van der Waals surface area contributed by atoms with Crippen LogP contribution in [0.4, 0.5) is 0 Å². The van der Waals surface area contributed by atoms with Crippen LogP contribution in [0.15, 0.2) is 42.7 Å². The minimum Gasteiger partial charge on any atom is -0.508 e. The first kappa shape index (κ1) is 21.1. The molecule has 3 aromatic rings. The van der Waals surface area contributed by atoms with E-state index in [2.05, 4.69) is 26.2 Å². The lowest BCUT2D eigenvalue weighted by molar-refractivity contribution is 0.0949. The molecule has 0 bridgehead atoms. The number of hydrogen-bond acceptors (Lipinski definition) is 7. The quantitative estimate of drug-likeness (QED) is 0.462. The Morgan fingerprint density at radius 2 is 1.93 bits per heavy atom. The van der Waals surface area contributed by atoms with Crippen molar-refractivity contribution in [2.45, 2.75) is 6.42 Å². The van der Waals surface area contributed by atoms with E-state index >= 15 is 0 Å². The molecule has 0 unspecified atom stereocenters. The molecule has 0 aliphatic heterocycles. The average Bonchev–Trinajstić information content (AvgIpc) is 3.27. The van der Waals surface area contributed by atoms with Crippen LogP contribution in [-0.4, -0.2) is 57.3 Å². The third-order valence-electron chi connectivity index (χ3n) is 4.14. The molecule has 0 spiro atoms. The predicted octanol–water partition coefficient (Wildman–Crippen LogP) is 1.58. The normalized spacial score (nSPS) is 10.5. The number of amides is 2. The van der Waals surface area contributed by atoms with Gasteiger partial charge in [-0.2, -0.15) is 4.68 Å². The lowest BCUT2D eigenvalue weighted by Gasteiger charge is -2.12. The highest BCUT2D eigenvalue weighted by atomic mass is 35.5. The Morgan fingerprint density at radius 3 is 2.60 bits per heavy atom. The molecule has 11 heteroatoms. The monoisotopic (exact) mass is 430 g/mol. The van der Waals surface area contributed by atoms with E-state index in [9.17, 15) is 14.7 Å². The summed E-state index contributed by atoms with van der Waals surface area (Å²) in [5.74, 6) is -0.326. The number of rotatable bonds is 8. The highest BCUT2D eigenvalue weighted by molar-refractivity contribution is 6.33. The number of nitrogens with one attached hydrogen (secondary N) is 2. The number of ether oxygens (including phenoxy) is 1. The van der Waals surface area contributed by atoms with Gasteiger partial charge in [0.15, 0.2) is 0 Å². The average molecular weight is 431 g/mol. The molecule has 0 aliphatic rings. The van der Waals surface area contributed by atoms with E-state index in [0.29, 0.717) is 36.5 Å². The van der Waals surface area contributed by atoms with E-state index in [1.54, 1.807) is 18.2 Å². The standard InChI is InChI=1S/C19H19ClN6O4/c1-30-17-10-16(26-11-23-24-25-26)15(20)9-14(17)19(29)22-7-3-6-21-18(28)12-4-2-5-13(27)8-12/h2,4-5,8-11,27H,3,6-7H2,1H3,(H,21,28)(H,22,29). The fraction of sp³-hybridized carbons (Fsp3) is 0.211. The summed E-state index contributed by atoms with van der Waals surface area (Å²) < 4.78 is 6.66. The van der Waals surface area contributed by atoms with E-state index in [1.165, 1.54) is 36.3 Å². The molecule has 10 nitrogen and oxygen atoms in total. The molecule has 156 valence electrons. The Morgan fingerprint density at radius 1 is 1.17 bits per heavy atom. The maximum Gasteiger partial charge on any atom is 0.255 e. The maximum absolute atomic E-state index is 12.5. The third kappa shape index (κ3) is 5.03. The van der Waals surface area contributed by atoms with Gasteiger partial charge in [0.1, 0.15) is 17.8 Å². The lowest BCUT2D eigenvalue weighted by Crippen LogP contribution is -2.30. The van der Waals surface area contributed by atoms with Crippen LogP contribution in [0.3, 0.4) is 0 Å². The topological polar surface area (TPSA) is 131 Å². The first-order valence-corrected chi connectivity index (χ1v) is 9.33. The Labute approximate surface area is 176 Å². The molecule has 1 heterocycles. The molecule has 30 heavy (non-hydrogen) atoms. The van der Waals surface area contributed by atoms with Gasteiger partial charge < -0.3 is 20.5 Å². The Hall–Kier alpha value is -3.66. The summed E-state index contributed by atoms with van der Waals surface area (Å²) in [5.41, 5.74) is 1.11. The van der Waals surface area contributed by atoms with E-state index < -0.39 is 0 Å². The summed E-state index contributed by atoms with van der Waals surface area (Å²) in [6.07, 6.45) is 1.89. The summed E-state index contributed by atoms with van der Waals surface area (Å²) in [6.45, 7) is 0.680. The number of carbonyl (C=O) groups excluding carboxylic acids is 2. The molecule has 0 fully saturated rings. The molecule has 0 saturated heterocycles. The molecule has 0 aliphatic carbocycles. The van der Waals surface area contributed by atoms with Crippen LogP contribution in [0.1, 0.15) is 27.1 Å². The molecule has 0 saturated carbocycles. The van der Waals surface area contributed by atoms with Crippen molar-refractivity contribution in [2.75, 3.05) is 20.2 Å². The van der Waals surface area contributed by atoms with Crippen LogP contribution in [0.2, 0.25) is 5.02 Å². The zero-order valence-corrected chi connectivity index (χ0v) is 16.8. The number of benzene rings is 2. The van der Waals surface area contributed by atoms with Crippen molar-refractivity contribution in [3.8, 4) is 17.2 Å². The summed E-state index contributed by atoms with van der Waals surface area (Å²) in [7, 11) is 1.44. The van der Waals surface area contributed by atoms with E-state index in [0.717, 1.165) is 0 Å². The first-order valence-electron chi connectivity index (χ1n) is 8.96. The van der Waals surface area contributed by atoms with Crippen LogP contribution >= 0.6 is 11.6 Å². The highest BCUT2D eigenvalue weighted by Gasteiger charge is 2.17. The second-order valence-corrected chi connectivity index (χ2v) is 6.58. The number of hydrogen-bond donors (Lipinski definition) is 3. The molecule has 2 amide bonds. The number of aromatic nitrogens is 4. The van der Waals surface area contributed by atoms with Crippen LogP contribution in [0, 0.1) is 0 Å². The summed E-state index contributed by atoms with van der Waals surface area (Å²) >= 11 is 6.26. The predicted molar refractivity (Wildman–Crippen MR) is 108 cm³/mol. The molecule has 3 N–H and O–H groups in total. The van der Waals surface area contributed by atoms with Crippen molar-refractivity contribution in [2.24, 2.45) is 0 Å². The molecular formula is C19H19ClN6O4. The van der Waals surface area contributed by atoms with Gasteiger partial charge in [-0.3, -0.25) is 9.59 Å². The summed E-state index contributed by atoms with van der Waals surface area (Å²) in [6, 6.07) is 9.12. The minimum absolute atomic E-state index is 0.0219. The number of methoxy groups -OCH3 is 1. The number of carbonyl (C=O) groups is 2.